The number of rotatable bonds is 7. The first kappa shape index (κ1) is 17.8. The second kappa shape index (κ2) is 8.39. The van der Waals surface area contributed by atoms with Gasteiger partial charge in [0.15, 0.2) is 5.01 Å². The molecule has 0 aliphatic carbocycles. The molecular formula is C16H19N7O2S. The molecule has 10 heteroatoms. The summed E-state index contributed by atoms with van der Waals surface area (Å²) in [6, 6.07) is 7.30. The molecule has 136 valence electrons. The van der Waals surface area contributed by atoms with E-state index in [1.54, 1.807) is 11.0 Å². The second-order valence-electron chi connectivity index (χ2n) is 5.72. The number of amides is 2. The maximum absolute atomic E-state index is 12.0. The smallest absolute Gasteiger partial charge is 0.321 e. The largest absolute Gasteiger partial charge is 0.486 e. The normalized spacial score (nSPS) is 11.8. The molecule has 0 aliphatic heterocycles. The quantitative estimate of drug-likeness (QED) is 0.658. The van der Waals surface area contributed by atoms with Gasteiger partial charge in [-0.15, -0.1) is 10.2 Å². The number of aromatic nitrogens is 5. The van der Waals surface area contributed by atoms with Gasteiger partial charge in [-0.05, 0) is 26.0 Å². The fraction of sp³-hybridized carbons (Fsp3) is 0.312. The van der Waals surface area contributed by atoms with Gasteiger partial charge in [-0.1, -0.05) is 29.0 Å². The Morgan fingerprint density at radius 1 is 1.31 bits per heavy atom. The molecule has 1 unspecified atom stereocenters. The Bertz CT molecular complexity index is 833. The molecule has 2 aromatic heterocycles. The minimum absolute atomic E-state index is 0.117. The Morgan fingerprint density at radius 2 is 2.12 bits per heavy atom. The topological polar surface area (TPSA) is 107 Å². The van der Waals surface area contributed by atoms with Crippen molar-refractivity contribution in [3.63, 3.8) is 0 Å². The zero-order valence-corrected chi connectivity index (χ0v) is 15.2. The number of nitrogens with one attached hydrogen (secondary N) is 2. The van der Waals surface area contributed by atoms with Crippen LogP contribution in [0.15, 0.2) is 36.9 Å². The van der Waals surface area contributed by atoms with Crippen molar-refractivity contribution >= 4 is 22.5 Å². The van der Waals surface area contributed by atoms with Crippen LogP contribution in [-0.2, 0) is 13.2 Å². The number of carbonyl (C=O) groups is 1. The third-order valence-corrected chi connectivity index (χ3v) is 4.19. The first-order valence-corrected chi connectivity index (χ1v) is 8.82. The van der Waals surface area contributed by atoms with Crippen molar-refractivity contribution in [3.8, 4) is 5.75 Å². The highest BCUT2D eigenvalue weighted by Gasteiger charge is 2.11. The minimum Gasteiger partial charge on any atom is -0.486 e. The second-order valence-corrected chi connectivity index (χ2v) is 6.78. The van der Waals surface area contributed by atoms with Gasteiger partial charge in [-0.25, -0.2) is 9.78 Å². The number of anilines is 1. The molecule has 2 heterocycles. The van der Waals surface area contributed by atoms with Crippen LogP contribution in [0.25, 0.3) is 0 Å². The van der Waals surface area contributed by atoms with E-state index in [0.717, 1.165) is 5.75 Å². The fourth-order valence-electron chi connectivity index (χ4n) is 2.15. The SMILES string of the molecule is Cc1ccc(OCc2nnc(NC(=O)NC(C)Cn3cncn3)s2)cc1. The summed E-state index contributed by atoms with van der Waals surface area (Å²) in [5.74, 6) is 0.764. The summed E-state index contributed by atoms with van der Waals surface area (Å²) in [4.78, 5) is 15.9. The molecule has 1 atom stereocenters. The molecule has 2 amide bonds. The molecule has 0 saturated heterocycles. The number of aryl methyl sites for hydroxylation is 1. The lowest BCUT2D eigenvalue weighted by Gasteiger charge is -2.13. The summed E-state index contributed by atoms with van der Waals surface area (Å²) < 4.78 is 7.30. The van der Waals surface area contributed by atoms with Crippen LogP contribution in [0.1, 0.15) is 17.5 Å². The summed E-state index contributed by atoms with van der Waals surface area (Å²) in [5, 5.41) is 18.5. The Labute approximate surface area is 154 Å². The molecular weight excluding hydrogens is 354 g/mol. The van der Waals surface area contributed by atoms with Crippen molar-refractivity contribution in [2.75, 3.05) is 5.32 Å². The van der Waals surface area contributed by atoms with E-state index in [9.17, 15) is 4.79 Å². The van der Waals surface area contributed by atoms with Gasteiger partial charge in [0.1, 0.15) is 25.0 Å². The van der Waals surface area contributed by atoms with Crippen molar-refractivity contribution in [2.24, 2.45) is 0 Å². The van der Waals surface area contributed by atoms with E-state index in [-0.39, 0.29) is 12.1 Å². The molecule has 2 N–H and O–H groups in total. The number of carbonyl (C=O) groups excluding carboxylic acids is 1. The number of urea groups is 1. The molecule has 9 nitrogen and oxygen atoms in total. The van der Waals surface area contributed by atoms with Gasteiger partial charge in [0, 0.05) is 6.04 Å². The van der Waals surface area contributed by atoms with Crippen molar-refractivity contribution in [1.29, 1.82) is 0 Å². The highest BCUT2D eigenvalue weighted by atomic mass is 32.1. The number of nitrogens with zero attached hydrogens (tertiary/aromatic N) is 5. The van der Waals surface area contributed by atoms with E-state index in [2.05, 4.69) is 30.9 Å². The maximum Gasteiger partial charge on any atom is 0.321 e. The van der Waals surface area contributed by atoms with Crippen molar-refractivity contribution in [3.05, 3.63) is 47.5 Å². The van der Waals surface area contributed by atoms with Crippen LogP contribution in [0.5, 0.6) is 5.75 Å². The lowest BCUT2D eigenvalue weighted by molar-refractivity contribution is 0.247. The molecule has 1 aromatic carbocycles. The van der Waals surface area contributed by atoms with Crippen LogP contribution in [0.3, 0.4) is 0 Å². The van der Waals surface area contributed by atoms with Crippen LogP contribution < -0.4 is 15.4 Å². The lowest BCUT2D eigenvalue weighted by atomic mass is 10.2. The predicted octanol–water partition coefficient (Wildman–Crippen LogP) is 2.23. The molecule has 3 aromatic rings. The zero-order valence-electron chi connectivity index (χ0n) is 14.4. The molecule has 0 bridgehead atoms. The zero-order chi connectivity index (χ0) is 18.4. The highest BCUT2D eigenvalue weighted by Crippen LogP contribution is 2.18. The highest BCUT2D eigenvalue weighted by molar-refractivity contribution is 7.15. The first-order valence-electron chi connectivity index (χ1n) is 8.00. The van der Waals surface area contributed by atoms with Crippen LogP contribution in [-0.4, -0.2) is 37.0 Å². The van der Waals surface area contributed by atoms with Gasteiger partial charge in [-0.3, -0.25) is 10.00 Å². The molecule has 0 radical (unpaired) electrons. The Kier molecular flexibility index (Phi) is 5.74. The summed E-state index contributed by atoms with van der Waals surface area (Å²) >= 11 is 1.27. The van der Waals surface area contributed by atoms with E-state index >= 15 is 0 Å². The third-order valence-electron chi connectivity index (χ3n) is 3.38. The number of hydrogen-bond acceptors (Lipinski definition) is 7. The molecule has 0 aliphatic rings. The number of benzene rings is 1. The van der Waals surface area contributed by atoms with Gasteiger partial charge in [-0.2, -0.15) is 5.10 Å². The predicted molar refractivity (Wildman–Crippen MR) is 97.1 cm³/mol. The van der Waals surface area contributed by atoms with Gasteiger partial charge >= 0.3 is 6.03 Å². The summed E-state index contributed by atoms with van der Waals surface area (Å²) in [5.41, 5.74) is 1.17. The Hall–Kier alpha value is -3.01. The average Bonchev–Trinajstić information content (AvgIpc) is 3.26. The van der Waals surface area contributed by atoms with Gasteiger partial charge in [0.05, 0.1) is 6.54 Å². The molecule has 3 rings (SSSR count). The lowest BCUT2D eigenvalue weighted by Crippen LogP contribution is -2.38. The number of hydrogen-bond donors (Lipinski definition) is 2. The van der Waals surface area contributed by atoms with Gasteiger partial charge < -0.3 is 10.1 Å². The summed E-state index contributed by atoms with van der Waals surface area (Å²) in [7, 11) is 0. The van der Waals surface area contributed by atoms with Crippen LogP contribution in [0.2, 0.25) is 0 Å². The van der Waals surface area contributed by atoms with Gasteiger partial charge in [0.25, 0.3) is 0 Å². The molecule has 26 heavy (non-hydrogen) atoms. The molecule has 0 spiro atoms. The minimum atomic E-state index is -0.347. The van der Waals surface area contributed by atoms with Crippen molar-refractivity contribution < 1.29 is 9.53 Å². The maximum atomic E-state index is 12.0. The Morgan fingerprint density at radius 3 is 2.85 bits per heavy atom. The van der Waals surface area contributed by atoms with Gasteiger partial charge in [0.2, 0.25) is 5.13 Å². The van der Waals surface area contributed by atoms with E-state index in [1.165, 1.54) is 23.2 Å². The van der Waals surface area contributed by atoms with Crippen molar-refractivity contribution in [2.45, 2.75) is 33.0 Å². The van der Waals surface area contributed by atoms with Crippen LogP contribution in [0.4, 0.5) is 9.93 Å². The van der Waals surface area contributed by atoms with E-state index < -0.39 is 0 Å². The van der Waals surface area contributed by atoms with E-state index in [0.29, 0.717) is 23.3 Å². The first-order chi connectivity index (χ1) is 12.6. The van der Waals surface area contributed by atoms with Crippen molar-refractivity contribution in [1.82, 2.24) is 30.3 Å². The summed E-state index contributed by atoms with van der Waals surface area (Å²) in [6.45, 7) is 4.72. The van der Waals surface area contributed by atoms with Crippen LogP contribution >= 0.6 is 11.3 Å². The Balaban J connectivity index is 1.45. The van der Waals surface area contributed by atoms with E-state index in [1.807, 2.05) is 38.1 Å². The number of ether oxygens (including phenoxy) is 1. The molecule has 0 fully saturated rings. The standard InChI is InChI=1S/C16H19N7O2S/c1-11-3-5-13(6-4-11)25-8-14-21-22-16(26-14)20-15(24)19-12(2)7-23-10-17-9-18-23/h3-6,9-10,12H,7-8H2,1-2H3,(H2,19,20,22,24). The van der Waals surface area contributed by atoms with Crippen LogP contribution in [0, 0.1) is 6.92 Å². The van der Waals surface area contributed by atoms with E-state index in [4.69, 9.17) is 4.74 Å². The third kappa shape index (κ3) is 5.24. The average molecular weight is 373 g/mol. The monoisotopic (exact) mass is 373 g/mol. The fourth-order valence-corrected chi connectivity index (χ4v) is 2.80. The molecule has 0 saturated carbocycles. The summed E-state index contributed by atoms with van der Waals surface area (Å²) in [6.07, 6.45) is 3.05.